The van der Waals surface area contributed by atoms with Gasteiger partial charge in [-0.15, -0.1) is 0 Å². The summed E-state index contributed by atoms with van der Waals surface area (Å²) in [5.74, 6) is 1.37. The van der Waals surface area contributed by atoms with E-state index < -0.39 is 12.2 Å². The molecular weight excluding hydrogens is 152 g/mol. The fourth-order valence-corrected chi connectivity index (χ4v) is 1.97. The summed E-state index contributed by atoms with van der Waals surface area (Å²) in [4.78, 5) is 0. The first-order chi connectivity index (χ1) is 5.61. The highest BCUT2D eigenvalue weighted by molar-refractivity contribution is 4.77. The number of hydrogen-bond acceptors (Lipinski definition) is 2. The Kier molecular flexibility index (Phi) is 3.53. The third-order valence-corrected chi connectivity index (χ3v) is 3.05. The molecule has 1 rings (SSSR count). The van der Waals surface area contributed by atoms with Crippen molar-refractivity contribution in [3.63, 3.8) is 0 Å². The SMILES string of the molecule is CC(C)C1CC[C@H](O)[C@@H](O)CC1. The Labute approximate surface area is 74.6 Å². The van der Waals surface area contributed by atoms with Crippen molar-refractivity contribution in [2.45, 2.75) is 51.7 Å². The van der Waals surface area contributed by atoms with Gasteiger partial charge in [0.1, 0.15) is 0 Å². The molecule has 0 unspecified atom stereocenters. The first-order valence-electron chi connectivity index (χ1n) is 4.97. The van der Waals surface area contributed by atoms with Gasteiger partial charge in [0.05, 0.1) is 12.2 Å². The summed E-state index contributed by atoms with van der Waals surface area (Å²) in [7, 11) is 0. The smallest absolute Gasteiger partial charge is 0.0799 e. The Balaban J connectivity index is 2.44. The molecule has 0 bridgehead atoms. The maximum Gasteiger partial charge on any atom is 0.0799 e. The zero-order valence-electron chi connectivity index (χ0n) is 8.03. The quantitative estimate of drug-likeness (QED) is 0.589. The molecule has 72 valence electrons. The minimum absolute atomic E-state index is 0.478. The number of aliphatic hydroxyl groups excluding tert-OH is 2. The Morgan fingerprint density at radius 2 is 1.33 bits per heavy atom. The molecule has 1 aliphatic carbocycles. The van der Waals surface area contributed by atoms with Crippen LogP contribution < -0.4 is 0 Å². The first kappa shape index (κ1) is 10.0. The molecule has 0 aromatic carbocycles. The predicted octanol–water partition coefficient (Wildman–Crippen LogP) is 1.55. The van der Waals surface area contributed by atoms with E-state index in [1.54, 1.807) is 0 Å². The molecule has 2 heteroatoms. The van der Waals surface area contributed by atoms with Crippen LogP contribution in [0, 0.1) is 11.8 Å². The first-order valence-corrected chi connectivity index (χ1v) is 4.97. The van der Waals surface area contributed by atoms with Crippen molar-refractivity contribution in [2.75, 3.05) is 0 Å². The average molecular weight is 172 g/mol. The fourth-order valence-electron chi connectivity index (χ4n) is 1.97. The fraction of sp³-hybridized carbons (Fsp3) is 1.00. The van der Waals surface area contributed by atoms with E-state index in [4.69, 9.17) is 0 Å². The van der Waals surface area contributed by atoms with Crippen molar-refractivity contribution < 1.29 is 10.2 Å². The second kappa shape index (κ2) is 4.24. The lowest BCUT2D eigenvalue weighted by molar-refractivity contribution is 0.0157. The van der Waals surface area contributed by atoms with E-state index in [2.05, 4.69) is 13.8 Å². The number of hydrogen-bond donors (Lipinski definition) is 2. The Morgan fingerprint density at radius 3 is 1.67 bits per heavy atom. The largest absolute Gasteiger partial charge is 0.390 e. The summed E-state index contributed by atoms with van der Waals surface area (Å²) in [6.45, 7) is 4.43. The van der Waals surface area contributed by atoms with Crippen LogP contribution in [0.2, 0.25) is 0 Å². The lowest BCUT2D eigenvalue weighted by atomic mass is 9.89. The normalized spacial score (nSPS) is 33.8. The average Bonchev–Trinajstić information content (AvgIpc) is 2.16. The standard InChI is InChI=1S/C10H20O2/c1-7(2)8-3-5-9(11)10(12)6-4-8/h7-12H,3-6H2,1-2H3/t9-,10-/m0/s1. The number of rotatable bonds is 1. The summed E-state index contributed by atoms with van der Waals surface area (Å²) in [5, 5.41) is 18.8. The van der Waals surface area contributed by atoms with Gasteiger partial charge in [-0.3, -0.25) is 0 Å². The molecule has 0 aliphatic heterocycles. The summed E-state index contributed by atoms with van der Waals surface area (Å²) < 4.78 is 0. The van der Waals surface area contributed by atoms with Crippen LogP contribution in [0.5, 0.6) is 0 Å². The minimum Gasteiger partial charge on any atom is -0.390 e. The van der Waals surface area contributed by atoms with Crippen molar-refractivity contribution >= 4 is 0 Å². The van der Waals surface area contributed by atoms with Gasteiger partial charge in [-0.25, -0.2) is 0 Å². The van der Waals surface area contributed by atoms with Gasteiger partial charge in [0, 0.05) is 0 Å². The van der Waals surface area contributed by atoms with E-state index >= 15 is 0 Å². The van der Waals surface area contributed by atoms with Crippen molar-refractivity contribution in [1.29, 1.82) is 0 Å². The lowest BCUT2D eigenvalue weighted by Crippen LogP contribution is -2.23. The molecule has 1 aliphatic rings. The van der Waals surface area contributed by atoms with E-state index in [9.17, 15) is 10.2 Å². The Morgan fingerprint density at radius 1 is 0.917 bits per heavy atom. The van der Waals surface area contributed by atoms with Gasteiger partial charge >= 0.3 is 0 Å². The minimum atomic E-state index is -0.478. The molecule has 0 saturated heterocycles. The van der Waals surface area contributed by atoms with Gasteiger partial charge in [-0.2, -0.15) is 0 Å². The Hall–Kier alpha value is -0.0800. The summed E-state index contributed by atoms with van der Waals surface area (Å²) in [6, 6.07) is 0. The van der Waals surface area contributed by atoms with Crippen molar-refractivity contribution in [1.82, 2.24) is 0 Å². The summed E-state index contributed by atoms with van der Waals surface area (Å²) in [5.41, 5.74) is 0. The molecule has 2 atom stereocenters. The van der Waals surface area contributed by atoms with Crippen molar-refractivity contribution in [3.8, 4) is 0 Å². The van der Waals surface area contributed by atoms with Gasteiger partial charge < -0.3 is 10.2 Å². The van der Waals surface area contributed by atoms with E-state index in [1.807, 2.05) is 0 Å². The summed E-state index contributed by atoms with van der Waals surface area (Å²) in [6.07, 6.45) is 2.71. The zero-order chi connectivity index (χ0) is 9.14. The molecule has 0 heterocycles. The van der Waals surface area contributed by atoms with Crippen molar-refractivity contribution in [2.24, 2.45) is 11.8 Å². The lowest BCUT2D eigenvalue weighted by Gasteiger charge is -2.17. The van der Waals surface area contributed by atoms with Gasteiger partial charge in [0.15, 0.2) is 0 Å². The molecule has 2 N–H and O–H groups in total. The molecule has 1 fully saturated rings. The van der Waals surface area contributed by atoms with E-state index in [0.717, 1.165) is 25.7 Å². The van der Waals surface area contributed by atoms with Crippen LogP contribution in [0.3, 0.4) is 0 Å². The highest BCUT2D eigenvalue weighted by Gasteiger charge is 2.25. The zero-order valence-corrected chi connectivity index (χ0v) is 8.03. The molecular formula is C10H20O2. The topological polar surface area (TPSA) is 40.5 Å². The summed E-state index contributed by atoms with van der Waals surface area (Å²) >= 11 is 0. The molecule has 1 saturated carbocycles. The highest BCUT2D eigenvalue weighted by Crippen LogP contribution is 2.28. The van der Waals surface area contributed by atoms with Crippen molar-refractivity contribution in [3.05, 3.63) is 0 Å². The molecule has 0 aromatic rings. The van der Waals surface area contributed by atoms with Crippen LogP contribution in [0.1, 0.15) is 39.5 Å². The monoisotopic (exact) mass is 172 g/mol. The van der Waals surface area contributed by atoms with Crippen LogP contribution in [0.25, 0.3) is 0 Å². The molecule has 0 aromatic heterocycles. The van der Waals surface area contributed by atoms with E-state index in [1.165, 1.54) is 0 Å². The second-order valence-electron chi connectivity index (χ2n) is 4.29. The maximum absolute atomic E-state index is 9.41. The van der Waals surface area contributed by atoms with Gasteiger partial charge in [0.2, 0.25) is 0 Å². The van der Waals surface area contributed by atoms with Crippen LogP contribution in [-0.4, -0.2) is 22.4 Å². The van der Waals surface area contributed by atoms with Gasteiger partial charge in [0.25, 0.3) is 0 Å². The van der Waals surface area contributed by atoms with Crippen LogP contribution in [0.15, 0.2) is 0 Å². The number of aliphatic hydroxyl groups is 2. The third kappa shape index (κ3) is 2.46. The molecule has 0 spiro atoms. The van der Waals surface area contributed by atoms with Crippen LogP contribution in [0.4, 0.5) is 0 Å². The van der Waals surface area contributed by atoms with Gasteiger partial charge in [-0.1, -0.05) is 13.8 Å². The Bertz CT molecular complexity index is 122. The van der Waals surface area contributed by atoms with Crippen LogP contribution >= 0.6 is 0 Å². The molecule has 2 nitrogen and oxygen atoms in total. The van der Waals surface area contributed by atoms with E-state index in [-0.39, 0.29) is 0 Å². The van der Waals surface area contributed by atoms with Gasteiger partial charge in [-0.05, 0) is 37.5 Å². The maximum atomic E-state index is 9.41. The highest BCUT2D eigenvalue weighted by atomic mass is 16.3. The van der Waals surface area contributed by atoms with Crippen LogP contribution in [-0.2, 0) is 0 Å². The molecule has 0 amide bonds. The molecule has 0 radical (unpaired) electrons. The third-order valence-electron chi connectivity index (χ3n) is 3.05. The second-order valence-corrected chi connectivity index (χ2v) is 4.29. The predicted molar refractivity (Wildman–Crippen MR) is 48.8 cm³/mol. The van der Waals surface area contributed by atoms with E-state index in [0.29, 0.717) is 11.8 Å². The molecule has 12 heavy (non-hydrogen) atoms.